The van der Waals surface area contributed by atoms with E-state index in [1.165, 1.54) is 12.8 Å². The Hall–Kier alpha value is -2.67. The lowest BCUT2D eigenvalue weighted by atomic mass is 9.90. The molecular weight excluding hydrogens is 380 g/mol. The number of nitrogens with zero attached hydrogens (tertiary/aromatic N) is 2. The Morgan fingerprint density at radius 2 is 1.90 bits per heavy atom. The van der Waals surface area contributed by atoms with E-state index in [1.807, 2.05) is 24.3 Å². The smallest absolute Gasteiger partial charge is 0.267 e. The third-order valence-electron chi connectivity index (χ3n) is 6.51. The van der Waals surface area contributed by atoms with Gasteiger partial charge in [-0.2, -0.15) is 5.10 Å². The summed E-state index contributed by atoms with van der Waals surface area (Å²) in [7, 11) is 0. The molecule has 2 aliphatic carbocycles. The quantitative estimate of drug-likeness (QED) is 0.793. The number of benzene rings is 1. The molecule has 2 fully saturated rings. The Labute approximate surface area is 175 Å². The highest BCUT2D eigenvalue weighted by Gasteiger charge is 2.29. The number of nitrogens with one attached hydrogen (secondary N) is 2. The highest BCUT2D eigenvalue weighted by molar-refractivity contribution is 5.95. The van der Waals surface area contributed by atoms with Crippen LogP contribution >= 0.6 is 0 Å². The van der Waals surface area contributed by atoms with Gasteiger partial charge in [0.05, 0.1) is 17.4 Å². The fourth-order valence-corrected chi connectivity index (χ4v) is 4.61. The third kappa shape index (κ3) is 3.99. The zero-order chi connectivity index (χ0) is 20.7. The molecule has 158 valence electrons. The molecule has 0 spiro atoms. The van der Waals surface area contributed by atoms with Crippen LogP contribution in [0.4, 0.5) is 5.69 Å². The molecule has 7 heteroatoms. The van der Waals surface area contributed by atoms with Crippen molar-refractivity contribution in [2.45, 2.75) is 69.5 Å². The van der Waals surface area contributed by atoms with Gasteiger partial charge in [-0.25, -0.2) is 4.68 Å². The molecule has 1 aromatic carbocycles. The number of hydrogen-bond donors (Lipinski definition) is 2. The maximum atomic E-state index is 12.3. The van der Waals surface area contributed by atoms with Crippen LogP contribution in [0.3, 0.4) is 0 Å². The van der Waals surface area contributed by atoms with Crippen molar-refractivity contribution in [2.75, 3.05) is 11.9 Å². The van der Waals surface area contributed by atoms with Gasteiger partial charge in [0.15, 0.2) is 6.61 Å². The number of fused-ring (bicyclic) bond motifs is 1. The number of aromatic nitrogens is 2. The van der Waals surface area contributed by atoms with Crippen LogP contribution in [-0.2, 0) is 4.79 Å². The second kappa shape index (κ2) is 7.87. The van der Waals surface area contributed by atoms with Gasteiger partial charge in [-0.15, -0.1) is 0 Å². The van der Waals surface area contributed by atoms with Crippen molar-refractivity contribution in [3.63, 3.8) is 0 Å². The molecule has 1 unspecified atom stereocenters. The van der Waals surface area contributed by atoms with Gasteiger partial charge in [0.2, 0.25) is 0 Å². The van der Waals surface area contributed by atoms with Crippen molar-refractivity contribution in [2.24, 2.45) is 0 Å². The van der Waals surface area contributed by atoms with Gasteiger partial charge in [-0.05, 0) is 69.2 Å². The molecule has 0 radical (unpaired) electrons. The average molecular weight is 409 g/mol. The lowest BCUT2D eigenvalue weighted by molar-refractivity contribution is -0.118. The molecule has 3 aliphatic rings. The van der Waals surface area contributed by atoms with Gasteiger partial charge in [0, 0.05) is 24.1 Å². The fourth-order valence-electron chi connectivity index (χ4n) is 4.61. The minimum atomic E-state index is -0.117. The van der Waals surface area contributed by atoms with Gasteiger partial charge in [0.1, 0.15) is 5.75 Å². The lowest BCUT2D eigenvalue weighted by Crippen LogP contribution is -2.38. The largest absolute Gasteiger partial charge is 0.482 e. The second-order valence-electron chi connectivity index (χ2n) is 8.80. The second-order valence-corrected chi connectivity index (χ2v) is 8.80. The molecule has 2 N–H and O–H groups in total. The van der Waals surface area contributed by atoms with Gasteiger partial charge in [-0.1, -0.05) is 6.07 Å². The topological polar surface area (TPSA) is 85.3 Å². The summed E-state index contributed by atoms with van der Waals surface area (Å²) >= 11 is 0. The number of amides is 1. The molecule has 1 aliphatic heterocycles. The first kappa shape index (κ1) is 19.3. The summed E-state index contributed by atoms with van der Waals surface area (Å²) in [6, 6.07) is 10.3. The Bertz CT molecular complexity index is 1010. The summed E-state index contributed by atoms with van der Waals surface area (Å²) in [6.45, 7) is 2.22. The van der Waals surface area contributed by atoms with E-state index < -0.39 is 0 Å². The SMILES string of the molecule is CC(NC1CCC(n2nc(C3CC3)ccc2=O)CC1)c1ccc2c(c1)NC(=O)CO2. The third-order valence-corrected chi connectivity index (χ3v) is 6.51. The Morgan fingerprint density at radius 1 is 1.10 bits per heavy atom. The predicted octanol–water partition coefficient (Wildman–Crippen LogP) is 3.29. The fraction of sp³-hybridized carbons (Fsp3) is 0.522. The number of ether oxygens (including phenoxy) is 1. The van der Waals surface area contributed by atoms with Crippen molar-refractivity contribution < 1.29 is 9.53 Å². The van der Waals surface area contributed by atoms with Gasteiger partial charge >= 0.3 is 0 Å². The molecule has 0 bridgehead atoms. The highest BCUT2D eigenvalue weighted by atomic mass is 16.5. The van der Waals surface area contributed by atoms with E-state index in [4.69, 9.17) is 4.74 Å². The Balaban J connectivity index is 1.20. The summed E-state index contributed by atoms with van der Waals surface area (Å²) in [6.07, 6.45) is 6.33. The van der Waals surface area contributed by atoms with Crippen molar-refractivity contribution in [3.8, 4) is 5.75 Å². The minimum Gasteiger partial charge on any atom is -0.482 e. The van der Waals surface area contributed by atoms with E-state index in [-0.39, 0.29) is 30.2 Å². The molecule has 1 atom stereocenters. The van der Waals surface area contributed by atoms with E-state index in [2.05, 4.69) is 22.7 Å². The van der Waals surface area contributed by atoms with Gasteiger partial charge in [-0.3, -0.25) is 9.59 Å². The van der Waals surface area contributed by atoms with Crippen LogP contribution < -0.4 is 20.9 Å². The van der Waals surface area contributed by atoms with Crippen molar-refractivity contribution in [1.29, 1.82) is 0 Å². The molecule has 5 rings (SSSR count). The average Bonchev–Trinajstić information content (AvgIpc) is 3.59. The van der Waals surface area contributed by atoms with E-state index in [0.29, 0.717) is 12.0 Å². The van der Waals surface area contributed by atoms with Crippen molar-refractivity contribution in [3.05, 3.63) is 51.9 Å². The maximum Gasteiger partial charge on any atom is 0.267 e. The zero-order valence-electron chi connectivity index (χ0n) is 17.3. The molecule has 1 aromatic heterocycles. The summed E-state index contributed by atoms with van der Waals surface area (Å²) in [5.74, 6) is 1.16. The lowest BCUT2D eigenvalue weighted by Gasteiger charge is -2.32. The number of carbonyl (C=O) groups excluding carboxylic acids is 1. The van der Waals surface area contributed by atoms with Crippen LogP contribution in [0.2, 0.25) is 0 Å². The summed E-state index contributed by atoms with van der Waals surface area (Å²) < 4.78 is 7.18. The van der Waals surface area contributed by atoms with Crippen LogP contribution in [0.15, 0.2) is 35.1 Å². The molecule has 1 amide bonds. The molecule has 2 heterocycles. The van der Waals surface area contributed by atoms with E-state index in [1.54, 1.807) is 10.7 Å². The summed E-state index contributed by atoms with van der Waals surface area (Å²) in [5.41, 5.74) is 2.95. The van der Waals surface area contributed by atoms with Gasteiger partial charge < -0.3 is 15.4 Å². The summed E-state index contributed by atoms with van der Waals surface area (Å²) in [5, 5.41) is 11.3. The predicted molar refractivity (Wildman–Crippen MR) is 114 cm³/mol. The van der Waals surface area contributed by atoms with Crippen LogP contribution in [0.5, 0.6) is 5.75 Å². The van der Waals surface area contributed by atoms with Gasteiger partial charge in [0.25, 0.3) is 11.5 Å². The Kier molecular flexibility index (Phi) is 5.06. The molecule has 30 heavy (non-hydrogen) atoms. The van der Waals surface area contributed by atoms with Crippen LogP contribution in [0.1, 0.15) is 74.7 Å². The first-order chi connectivity index (χ1) is 14.6. The minimum absolute atomic E-state index is 0.0162. The van der Waals surface area contributed by atoms with Crippen molar-refractivity contribution in [1.82, 2.24) is 15.1 Å². The molecule has 2 aromatic rings. The van der Waals surface area contributed by atoms with Crippen molar-refractivity contribution >= 4 is 11.6 Å². The molecular formula is C23H28N4O3. The number of carbonyl (C=O) groups is 1. The van der Waals surface area contributed by atoms with Crippen LogP contribution in [-0.4, -0.2) is 28.3 Å². The summed E-state index contributed by atoms with van der Waals surface area (Å²) in [4.78, 5) is 23.9. The van der Waals surface area contributed by atoms with Crippen LogP contribution in [0.25, 0.3) is 0 Å². The Morgan fingerprint density at radius 3 is 2.67 bits per heavy atom. The first-order valence-corrected chi connectivity index (χ1v) is 11.0. The van der Waals surface area contributed by atoms with E-state index >= 15 is 0 Å². The molecule has 0 saturated heterocycles. The number of anilines is 1. The number of rotatable bonds is 5. The van der Waals surface area contributed by atoms with E-state index in [0.717, 1.165) is 48.4 Å². The monoisotopic (exact) mass is 408 g/mol. The normalized spacial score (nSPS) is 24.5. The standard InChI is InChI=1S/C23H28N4O3/c1-14(16-4-10-21-20(12-16)25-22(28)13-30-21)24-17-5-7-18(8-6-17)27-23(29)11-9-19(26-27)15-2-3-15/h4,9-12,14-15,17-18,24H,2-3,5-8,13H2,1H3,(H,25,28). The number of hydrogen-bond acceptors (Lipinski definition) is 5. The molecule has 7 nitrogen and oxygen atoms in total. The van der Waals surface area contributed by atoms with E-state index in [9.17, 15) is 9.59 Å². The first-order valence-electron chi connectivity index (χ1n) is 11.0. The molecule has 2 saturated carbocycles. The highest BCUT2D eigenvalue weighted by Crippen LogP contribution is 2.39. The van der Waals surface area contributed by atoms with Crippen LogP contribution in [0, 0.1) is 0 Å². The zero-order valence-corrected chi connectivity index (χ0v) is 17.3. The maximum absolute atomic E-state index is 12.3.